The number of hydrogen-bond acceptors (Lipinski definition) is 4. The number of aryl methyl sites for hydroxylation is 1. The zero-order chi connectivity index (χ0) is 19.1. The Morgan fingerprint density at radius 2 is 1.96 bits per heavy atom. The van der Waals surface area contributed by atoms with E-state index in [-0.39, 0.29) is 5.91 Å². The van der Waals surface area contributed by atoms with Gasteiger partial charge in [-0.25, -0.2) is 4.98 Å². The van der Waals surface area contributed by atoms with Gasteiger partial charge in [-0.2, -0.15) is 0 Å². The maximum Gasteiger partial charge on any atom is 0.255 e. The van der Waals surface area contributed by atoms with Gasteiger partial charge in [0.05, 0.1) is 22.1 Å². The van der Waals surface area contributed by atoms with E-state index in [1.54, 1.807) is 0 Å². The molecule has 1 amide bonds. The molecule has 0 unspecified atom stereocenters. The molecule has 0 aliphatic carbocycles. The van der Waals surface area contributed by atoms with Gasteiger partial charge in [0.1, 0.15) is 0 Å². The molecule has 0 bridgehead atoms. The highest BCUT2D eigenvalue weighted by atomic mass is 16.1. The number of nitrogens with one attached hydrogen (secondary N) is 1. The number of benzene rings is 1. The van der Waals surface area contributed by atoms with Gasteiger partial charge in [-0.05, 0) is 57.1 Å². The number of carbonyl (C=O) groups excluding carboxylic acids is 1. The number of para-hydroxylation sites is 2. The number of hydrogen-bond donors (Lipinski definition) is 1. The Kier molecular flexibility index (Phi) is 4.20. The summed E-state index contributed by atoms with van der Waals surface area (Å²) in [5.41, 5.74) is 5.13. The number of rotatable bonds is 4. The fourth-order valence-electron chi connectivity index (χ4n) is 4.13. The first-order valence-corrected chi connectivity index (χ1v) is 9.88. The topological polar surface area (TPSA) is 62.5 Å². The number of nitrogens with zero attached hydrogens (tertiary/aromatic N) is 4. The summed E-state index contributed by atoms with van der Waals surface area (Å²) < 4.78 is 2.08. The van der Waals surface area contributed by atoms with Gasteiger partial charge in [-0.3, -0.25) is 14.2 Å². The molecule has 6 nitrogen and oxygen atoms in total. The van der Waals surface area contributed by atoms with Crippen molar-refractivity contribution in [3.8, 4) is 0 Å². The standard InChI is InChI=1S/C22H23N5O/c1-15-12-20-16(14-24-15)13-17(22(28)23-8-11-26-9-4-5-10-26)21-25-18-6-2-3-7-19(18)27(20)21/h2-3,6-7,12-14H,4-5,8-11H2,1H3,(H,23,28). The van der Waals surface area contributed by atoms with Crippen LogP contribution in [0, 0.1) is 6.92 Å². The molecule has 1 aliphatic heterocycles. The van der Waals surface area contributed by atoms with E-state index in [1.165, 1.54) is 12.8 Å². The van der Waals surface area contributed by atoms with Gasteiger partial charge >= 0.3 is 0 Å². The molecule has 1 aromatic carbocycles. The quantitative estimate of drug-likeness (QED) is 0.597. The summed E-state index contributed by atoms with van der Waals surface area (Å²) in [5.74, 6) is -0.0815. The summed E-state index contributed by atoms with van der Waals surface area (Å²) in [5, 5.41) is 4.02. The van der Waals surface area contributed by atoms with Crippen molar-refractivity contribution in [2.45, 2.75) is 19.8 Å². The van der Waals surface area contributed by atoms with Crippen LogP contribution in [0.25, 0.3) is 27.6 Å². The molecular weight excluding hydrogens is 350 g/mol. The fraction of sp³-hybridized carbons (Fsp3) is 0.318. The average molecular weight is 373 g/mol. The van der Waals surface area contributed by atoms with Crippen LogP contribution in [-0.2, 0) is 0 Å². The molecule has 28 heavy (non-hydrogen) atoms. The van der Waals surface area contributed by atoms with Gasteiger partial charge in [0.25, 0.3) is 5.91 Å². The molecule has 4 aromatic rings. The number of likely N-dealkylation sites (tertiary alicyclic amines) is 1. The summed E-state index contributed by atoms with van der Waals surface area (Å²) in [6.07, 6.45) is 4.35. The maximum absolute atomic E-state index is 13.0. The number of carbonyl (C=O) groups is 1. The summed E-state index contributed by atoms with van der Waals surface area (Å²) in [6.45, 7) is 5.78. The van der Waals surface area contributed by atoms with Gasteiger partial charge in [0, 0.05) is 30.4 Å². The molecule has 0 atom stereocenters. The number of fused-ring (bicyclic) bond motifs is 5. The summed E-state index contributed by atoms with van der Waals surface area (Å²) in [4.78, 5) is 24.6. The summed E-state index contributed by atoms with van der Waals surface area (Å²) in [6, 6.07) is 12.0. The lowest BCUT2D eigenvalue weighted by atomic mass is 10.1. The van der Waals surface area contributed by atoms with E-state index in [0.29, 0.717) is 17.8 Å². The van der Waals surface area contributed by atoms with E-state index in [1.807, 2.05) is 49.5 Å². The van der Waals surface area contributed by atoms with Crippen LogP contribution in [0.4, 0.5) is 0 Å². The smallest absolute Gasteiger partial charge is 0.255 e. The van der Waals surface area contributed by atoms with Crippen LogP contribution in [0.15, 0.2) is 42.6 Å². The third-order valence-corrected chi connectivity index (χ3v) is 5.55. The number of pyridine rings is 2. The highest BCUT2D eigenvalue weighted by Gasteiger charge is 2.18. The van der Waals surface area contributed by atoms with E-state index >= 15 is 0 Å². The monoisotopic (exact) mass is 373 g/mol. The Labute approximate surface area is 163 Å². The molecule has 0 saturated carbocycles. The molecule has 0 spiro atoms. The zero-order valence-electron chi connectivity index (χ0n) is 16.0. The van der Waals surface area contributed by atoms with Gasteiger partial charge in [0.15, 0.2) is 5.65 Å². The largest absolute Gasteiger partial charge is 0.351 e. The van der Waals surface area contributed by atoms with Gasteiger partial charge in [-0.1, -0.05) is 12.1 Å². The predicted molar refractivity (Wildman–Crippen MR) is 111 cm³/mol. The Bertz CT molecular complexity index is 1190. The molecule has 5 rings (SSSR count). The van der Waals surface area contributed by atoms with Crippen molar-refractivity contribution in [2.24, 2.45) is 0 Å². The highest BCUT2D eigenvalue weighted by molar-refractivity contribution is 6.05. The lowest BCUT2D eigenvalue weighted by Crippen LogP contribution is -2.33. The van der Waals surface area contributed by atoms with E-state index in [9.17, 15) is 4.79 Å². The highest BCUT2D eigenvalue weighted by Crippen LogP contribution is 2.26. The van der Waals surface area contributed by atoms with Gasteiger partial charge < -0.3 is 10.2 Å². The van der Waals surface area contributed by atoms with Crippen molar-refractivity contribution in [3.63, 3.8) is 0 Å². The second-order valence-electron chi connectivity index (χ2n) is 7.51. The molecule has 142 valence electrons. The van der Waals surface area contributed by atoms with Crippen molar-refractivity contribution in [1.29, 1.82) is 0 Å². The lowest BCUT2D eigenvalue weighted by molar-refractivity contribution is 0.0951. The van der Waals surface area contributed by atoms with Crippen molar-refractivity contribution < 1.29 is 4.79 Å². The second-order valence-corrected chi connectivity index (χ2v) is 7.51. The van der Waals surface area contributed by atoms with Crippen LogP contribution < -0.4 is 5.32 Å². The molecule has 0 radical (unpaired) electrons. The fourth-order valence-corrected chi connectivity index (χ4v) is 4.13. The molecule has 1 saturated heterocycles. The first-order chi connectivity index (χ1) is 13.7. The van der Waals surface area contributed by atoms with Crippen LogP contribution in [-0.4, -0.2) is 51.4 Å². The molecule has 6 heteroatoms. The number of imidazole rings is 1. The van der Waals surface area contributed by atoms with E-state index in [2.05, 4.69) is 19.6 Å². The minimum atomic E-state index is -0.0815. The first-order valence-electron chi connectivity index (χ1n) is 9.88. The van der Waals surface area contributed by atoms with E-state index in [4.69, 9.17) is 4.98 Å². The molecule has 4 heterocycles. The maximum atomic E-state index is 13.0. The third-order valence-electron chi connectivity index (χ3n) is 5.55. The van der Waals surface area contributed by atoms with Crippen molar-refractivity contribution in [1.82, 2.24) is 24.6 Å². The van der Waals surface area contributed by atoms with E-state index in [0.717, 1.165) is 47.3 Å². The molecule has 3 aromatic heterocycles. The van der Waals surface area contributed by atoms with Crippen molar-refractivity contribution in [3.05, 3.63) is 53.9 Å². The Morgan fingerprint density at radius 3 is 2.82 bits per heavy atom. The Balaban J connectivity index is 1.59. The van der Waals surface area contributed by atoms with Crippen molar-refractivity contribution in [2.75, 3.05) is 26.2 Å². The second kappa shape index (κ2) is 6.87. The van der Waals surface area contributed by atoms with Crippen LogP contribution in [0.2, 0.25) is 0 Å². The van der Waals surface area contributed by atoms with Crippen LogP contribution in [0.5, 0.6) is 0 Å². The lowest BCUT2D eigenvalue weighted by Gasteiger charge is -2.15. The van der Waals surface area contributed by atoms with Crippen LogP contribution in [0.1, 0.15) is 28.9 Å². The van der Waals surface area contributed by atoms with E-state index < -0.39 is 0 Å². The molecular formula is C22H23N5O. The minimum Gasteiger partial charge on any atom is -0.351 e. The summed E-state index contributed by atoms with van der Waals surface area (Å²) in [7, 11) is 0. The SMILES string of the molecule is Cc1cc2c(cn1)cc(C(=O)NCCN1CCCC1)c1nc3ccccc3n12. The minimum absolute atomic E-state index is 0.0815. The number of amides is 1. The van der Waals surface area contributed by atoms with Crippen molar-refractivity contribution >= 4 is 33.5 Å². The normalized spacial score (nSPS) is 15.0. The molecule has 1 N–H and O–H groups in total. The molecule has 1 fully saturated rings. The van der Waals surface area contributed by atoms with Gasteiger partial charge in [-0.15, -0.1) is 0 Å². The summed E-state index contributed by atoms with van der Waals surface area (Å²) >= 11 is 0. The zero-order valence-corrected chi connectivity index (χ0v) is 16.0. The predicted octanol–water partition coefficient (Wildman–Crippen LogP) is 3.17. The number of aromatic nitrogens is 3. The molecule has 1 aliphatic rings. The van der Waals surface area contributed by atoms with Crippen LogP contribution >= 0.6 is 0 Å². The Hall–Kier alpha value is -2.99. The van der Waals surface area contributed by atoms with Crippen LogP contribution in [0.3, 0.4) is 0 Å². The Morgan fingerprint density at radius 1 is 1.14 bits per heavy atom. The average Bonchev–Trinajstić information content (AvgIpc) is 3.35. The first kappa shape index (κ1) is 17.1. The van der Waals surface area contributed by atoms with Gasteiger partial charge in [0.2, 0.25) is 0 Å². The third kappa shape index (κ3) is 2.90.